The maximum absolute atomic E-state index is 12.5. The fraction of sp³-hybridized carbons (Fsp3) is 0.625. The summed E-state index contributed by atoms with van der Waals surface area (Å²) in [7, 11) is 1.80. The molecule has 0 aliphatic carbocycles. The molecule has 0 bridgehead atoms. The van der Waals surface area contributed by atoms with Gasteiger partial charge in [0.15, 0.2) is 0 Å². The highest BCUT2D eigenvalue weighted by Crippen LogP contribution is 2.21. The molecule has 1 aromatic rings. The zero-order chi connectivity index (χ0) is 15.5. The number of carbonyl (C=O) groups excluding carboxylic acids is 2. The predicted octanol–water partition coefficient (Wildman–Crippen LogP) is 0.792. The SMILES string of the molecule is CN1CC[C@@H](C(=O)N2CCN(Cc3ccco3)CC2)CC1=O. The number of hydrogen-bond acceptors (Lipinski definition) is 4. The van der Waals surface area contributed by atoms with Crippen LogP contribution in [0, 0.1) is 5.92 Å². The molecule has 0 unspecified atom stereocenters. The van der Waals surface area contributed by atoms with E-state index in [1.165, 1.54) is 0 Å². The van der Waals surface area contributed by atoms with Gasteiger partial charge in [-0.05, 0) is 18.6 Å². The first-order valence-corrected chi connectivity index (χ1v) is 7.91. The average molecular weight is 305 g/mol. The Morgan fingerprint density at radius 2 is 2.05 bits per heavy atom. The lowest BCUT2D eigenvalue weighted by atomic mass is 9.94. The third kappa shape index (κ3) is 3.32. The number of piperidine rings is 1. The number of furan rings is 1. The van der Waals surface area contributed by atoms with Crippen LogP contribution in [0.25, 0.3) is 0 Å². The number of nitrogens with zero attached hydrogens (tertiary/aromatic N) is 3. The van der Waals surface area contributed by atoms with Crippen molar-refractivity contribution >= 4 is 11.8 Å². The summed E-state index contributed by atoms with van der Waals surface area (Å²) in [5, 5.41) is 0. The van der Waals surface area contributed by atoms with Crippen molar-refractivity contribution in [3.8, 4) is 0 Å². The molecule has 2 aliphatic heterocycles. The van der Waals surface area contributed by atoms with Gasteiger partial charge in [-0.15, -0.1) is 0 Å². The van der Waals surface area contributed by atoms with Crippen LogP contribution in [0.2, 0.25) is 0 Å². The maximum atomic E-state index is 12.5. The fourth-order valence-corrected chi connectivity index (χ4v) is 3.16. The second-order valence-corrected chi connectivity index (χ2v) is 6.19. The zero-order valence-electron chi connectivity index (χ0n) is 13.0. The normalized spacial score (nSPS) is 23.9. The maximum Gasteiger partial charge on any atom is 0.226 e. The molecule has 1 aromatic heterocycles. The number of carbonyl (C=O) groups is 2. The van der Waals surface area contributed by atoms with Crippen LogP contribution in [-0.4, -0.2) is 66.3 Å². The molecule has 2 aliphatic rings. The predicted molar refractivity (Wildman–Crippen MR) is 80.9 cm³/mol. The first-order valence-electron chi connectivity index (χ1n) is 7.91. The van der Waals surface area contributed by atoms with E-state index in [-0.39, 0.29) is 17.7 Å². The molecule has 0 N–H and O–H groups in total. The van der Waals surface area contributed by atoms with Crippen LogP contribution >= 0.6 is 0 Å². The summed E-state index contributed by atoms with van der Waals surface area (Å²) in [6.07, 6.45) is 2.84. The molecule has 0 saturated carbocycles. The molecule has 0 radical (unpaired) electrons. The average Bonchev–Trinajstić information content (AvgIpc) is 3.03. The van der Waals surface area contributed by atoms with Crippen LogP contribution in [0.15, 0.2) is 22.8 Å². The van der Waals surface area contributed by atoms with Crippen molar-refractivity contribution in [2.24, 2.45) is 5.92 Å². The molecule has 6 heteroatoms. The van der Waals surface area contributed by atoms with Gasteiger partial charge in [0.1, 0.15) is 5.76 Å². The fourth-order valence-electron chi connectivity index (χ4n) is 3.16. The summed E-state index contributed by atoms with van der Waals surface area (Å²) < 4.78 is 5.36. The van der Waals surface area contributed by atoms with Gasteiger partial charge in [0.05, 0.1) is 12.8 Å². The molecule has 1 atom stereocenters. The number of piperazine rings is 1. The van der Waals surface area contributed by atoms with Gasteiger partial charge < -0.3 is 14.2 Å². The van der Waals surface area contributed by atoms with Crippen LogP contribution in [0.1, 0.15) is 18.6 Å². The molecule has 0 spiro atoms. The molecule has 3 heterocycles. The van der Waals surface area contributed by atoms with Crippen molar-refractivity contribution < 1.29 is 14.0 Å². The van der Waals surface area contributed by atoms with Gasteiger partial charge in [0.2, 0.25) is 11.8 Å². The van der Waals surface area contributed by atoms with Gasteiger partial charge in [0.25, 0.3) is 0 Å². The topological polar surface area (TPSA) is 57.0 Å². The highest BCUT2D eigenvalue weighted by Gasteiger charge is 2.32. The lowest BCUT2D eigenvalue weighted by molar-refractivity contribution is -0.145. The summed E-state index contributed by atoms with van der Waals surface area (Å²) in [4.78, 5) is 30.2. The molecular formula is C16H23N3O3. The lowest BCUT2D eigenvalue weighted by Crippen LogP contribution is -2.51. The van der Waals surface area contributed by atoms with Crippen LogP contribution in [-0.2, 0) is 16.1 Å². The van der Waals surface area contributed by atoms with Gasteiger partial charge >= 0.3 is 0 Å². The van der Waals surface area contributed by atoms with Gasteiger partial charge in [-0.1, -0.05) is 0 Å². The van der Waals surface area contributed by atoms with Crippen LogP contribution in [0.5, 0.6) is 0 Å². The number of likely N-dealkylation sites (tertiary alicyclic amines) is 1. The smallest absolute Gasteiger partial charge is 0.226 e. The molecule has 2 fully saturated rings. The Morgan fingerprint density at radius 1 is 1.27 bits per heavy atom. The Kier molecular flexibility index (Phi) is 4.47. The van der Waals surface area contributed by atoms with Crippen LogP contribution < -0.4 is 0 Å². The minimum atomic E-state index is -0.125. The molecule has 0 aromatic carbocycles. The molecule has 6 nitrogen and oxygen atoms in total. The van der Waals surface area contributed by atoms with Gasteiger partial charge in [-0.25, -0.2) is 0 Å². The van der Waals surface area contributed by atoms with E-state index in [4.69, 9.17) is 4.42 Å². The molecule has 2 amide bonds. The van der Waals surface area contributed by atoms with E-state index in [1.807, 2.05) is 17.0 Å². The van der Waals surface area contributed by atoms with E-state index < -0.39 is 0 Å². The first kappa shape index (κ1) is 15.1. The molecule has 22 heavy (non-hydrogen) atoms. The Hall–Kier alpha value is -1.82. The van der Waals surface area contributed by atoms with Crippen molar-refractivity contribution in [3.63, 3.8) is 0 Å². The summed E-state index contributed by atoms with van der Waals surface area (Å²) >= 11 is 0. The second kappa shape index (κ2) is 6.52. The van der Waals surface area contributed by atoms with E-state index >= 15 is 0 Å². The Balaban J connectivity index is 1.48. The summed E-state index contributed by atoms with van der Waals surface area (Å²) in [5.74, 6) is 1.07. The molecule has 3 rings (SSSR count). The van der Waals surface area contributed by atoms with Crippen LogP contribution in [0.3, 0.4) is 0 Å². The monoisotopic (exact) mass is 305 g/mol. The van der Waals surface area contributed by atoms with Crippen LogP contribution in [0.4, 0.5) is 0 Å². The van der Waals surface area contributed by atoms with Crippen molar-refractivity contribution in [1.82, 2.24) is 14.7 Å². The van der Waals surface area contributed by atoms with Gasteiger partial charge in [-0.2, -0.15) is 0 Å². The third-order valence-electron chi connectivity index (χ3n) is 4.65. The van der Waals surface area contributed by atoms with Gasteiger partial charge in [-0.3, -0.25) is 14.5 Å². The van der Waals surface area contributed by atoms with Crippen molar-refractivity contribution in [3.05, 3.63) is 24.2 Å². The van der Waals surface area contributed by atoms with E-state index in [0.717, 1.165) is 44.9 Å². The van der Waals surface area contributed by atoms with Gasteiger partial charge in [0, 0.05) is 52.1 Å². The standard InChI is InChI=1S/C16H23N3O3/c1-17-5-4-13(11-15(17)20)16(21)19-8-6-18(7-9-19)12-14-3-2-10-22-14/h2-3,10,13H,4-9,11-12H2,1H3/t13-/m1/s1. The minimum absolute atomic E-state index is 0.0843. The van der Waals surface area contributed by atoms with E-state index in [0.29, 0.717) is 13.0 Å². The lowest BCUT2D eigenvalue weighted by Gasteiger charge is -2.37. The van der Waals surface area contributed by atoms with E-state index in [9.17, 15) is 9.59 Å². The highest BCUT2D eigenvalue weighted by molar-refractivity contribution is 5.87. The summed E-state index contributed by atoms with van der Waals surface area (Å²) in [6.45, 7) is 4.66. The Labute approximate surface area is 130 Å². The Bertz CT molecular complexity index is 521. The summed E-state index contributed by atoms with van der Waals surface area (Å²) in [6, 6.07) is 3.87. The zero-order valence-corrected chi connectivity index (χ0v) is 13.0. The van der Waals surface area contributed by atoms with E-state index in [2.05, 4.69) is 4.90 Å². The highest BCUT2D eigenvalue weighted by atomic mass is 16.3. The largest absolute Gasteiger partial charge is 0.468 e. The number of amides is 2. The quantitative estimate of drug-likeness (QED) is 0.828. The molecule has 120 valence electrons. The summed E-state index contributed by atoms with van der Waals surface area (Å²) in [5.41, 5.74) is 0. The number of rotatable bonds is 3. The molecule has 2 saturated heterocycles. The van der Waals surface area contributed by atoms with Crippen molar-refractivity contribution in [2.75, 3.05) is 39.8 Å². The Morgan fingerprint density at radius 3 is 2.68 bits per heavy atom. The number of hydrogen-bond donors (Lipinski definition) is 0. The second-order valence-electron chi connectivity index (χ2n) is 6.19. The minimum Gasteiger partial charge on any atom is -0.468 e. The molecular weight excluding hydrogens is 282 g/mol. The first-order chi connectivity index (χ1) is 10.6. The van der Waals surface area contributed by atoms with Crippen molar-refractivity contribution in [1.29, 1.82) is 0 Å². The van der Waals surface area contributed by atoms with Crippen molar-refractivity contribution in [2.45, 2.75) is 19.4 Å². The van der Waals surface area contributed by atoms with E-state index in [1.54, 1.807) is 18.2 Å². The third-order valence-corrected chi connectivity index (χ3v) is 4.65.